The van der Waals surface area contributed by atoms with Crippen LogP contribution in [0.3, 0.4) is 0 Å². The van der Waals surface area contributed by atoms with E-state index in [0.29, 0.717) is 18.0 Å². The minimum Gasteiger partial charge on any atom is -0.481 e. The second-order valence-corrected chi connectivity index (χ2v) is 6.42. The van der Waals surface area contributed by atoms with Crippen LogP contribution in [-0.2, 0) is 11.3 Å². The predicted octanol–water partition coefficient (Wildman–Crippen LogP) is 2.48. The standard InChI is InChI=1S/C14H12ClN2O2Si/c15-12-5-9(7-17-4-3-16-8-17)1-2-10(12)11-6-14(11,20)13(18)19/h1-5,8,11H,6-7H2,(H,18,19)/t11-,14-/m1/s1. The summed E-state index contributed by atoms with van der Waals surface area (Å²) in [4.78, 5) is 15.1. The molecule has 1 N–H and O–H groups in total. The van der Waals surface area contributed by atoms with Gasteiger partial charge in [0.25, 0.3) is 0 Å². The van der Waals surface area contributed by atoms with Crippen molar-refractivity contribution < 1.29 is 9.90 Å². The Bertz CT molecular complexity index is 659. The summed E-state index contributed by atoms with van der Waals surface area (Å²) in [5.74, 6) is -0.899. The molecule has 101 valence electrons. The highest BCUT2D eigenvalue weighted by molar-refractivity contribution is 6.33. The molecule has 1 saturated carbocycles. The van der Waals surface area contributed by atoms with Crippen molar-refractivity contribution >= 4 is 27.8 Å². The number of rotatable bonds is 4. The molecule has 3 radical (unpaired) electrons. The molecule has 2 atom stereocenters. The van der Waals surface area contributed by atoms with Crippen molar-refractivity contribution in [2.45, 2.75) is 23.9 Å². The Labute approximate surface area is 124 Å². The van der Waals surface area contributed by atoms with Gasteiger partial charge in [-0.05, 0) is 29.5 Å². The third-order valence-corrected chi connectivity index (χ3v) is 4.80. The first-order valence-electron chi connectivity index (χ1n) is 6.23. The normalized spacial score (nSPS) is 24.6. The van der Waals surface area contributed by atoms with Crippen LogP contribution in [0.4, 0.5) is 0 Å². The van der Waals surface area contributed by atoms with Crippen molar-refractivity contribution in [3.05, 3.63) is 53.1 Å². The molecular formula is C14H12ClN2O2Si. The van der Waals surface area contributed by atoms with E-state index in [9.17, 15) is 4.79 Å². The number of halogens is 1. The van der Waals surface area contributed by atoms with Crippen molar-refractivity contribution in [1.29, 1.82) is 0 Å². The summed E-state index contributed by atoms with van der Waals surface area (Å²) >= 11 is 6.30. The Hall–Kier alpha value is -1.59. The first-order valence-corrected chi connectivity index (χ1v) is 7.11. The Morgan fingerprint density at radius 2 is 2.40 bits per heavy atom. The summed E-state index contributed by atoms with van der Waals surface area (Å²) in [6.45, 7) is 0.697. The van der Waals surface area contributed by atoms with Crippen molar-refractivity contribution in [2.24, 2.45) is 0 Å². The van der Waals surface area contributed by atoms with Crippen LogP contribution in [0.25, 0.3) is 0 Å². The van der Waals surface area contributed by atoms with Gasteiger partial charge in [0.05, 0.1) is 11.4 Å². The minimum absolute atomic E-state index is 0.0635. The van der Waals surface area contributed by atoms with Gasteiger partial charge in [-0.25, -0.2) is 4.98 Å². The fraction of sp³-hybridized carbons (Fsp3) is 0.286. The third-order valence-electron chi connectivity index (χ3n) is 3.71. The summed E-state index contributed by atoms with van der Waals surface area (Å²) in [5.41, 5.74) is 1.95. The average molecular weight is 304 g/mol. The lowest BCUT2D eigenvalue weighted by molar-refractivity contribution is -0.137. The van der Waals surface area contributed by atoms with E-state index < -0.39 is 11.0 Å². The van der Waals surface area contributed by atoms with Crippen LogP contribution < -0.4 is 0 Å². The number of hydrogen-bond acceptors (Lipinski definition) is 2. The monoisotopic (exact) mass is 303 g/mol. The second kappa shape index (κ2) is 4.75. The van der Waals surface area contributed by atoms with Gasteiger partial charge >= 0.3 is 5.97 Å². The average Bonchev–Trinajstić information content (AvgIpc) is 2.84. The summed E-state index contributed by atoms with van der Waals surface area (Å²) in [6.07, 6.45) is 5.93. The lowest BCUT2D eigenvalue weighted by Gasteiger charge is -2.09. The molecular weight excluding hydrogens is 292 g/mol. The Kier molecular flexibility index (Phi) is 3.18. The SMILES string of the molecule is O=C(O)[C@@]1([Si])C[C@@H]1c1ccc(Cn2ccnc2)cc1Cl. The highest BCUT2D eigenvalue weighted by Crippen LogP contribution is 2.64. The molecule has 1 heterocycles. The number of aromatic nitrogens is 2. The first-order chi connectivity index (χ1) is 9.50. The van der Waals surface area contributed by atoms with Gasteiger partial charge < -0.3 is 9.67 Å². The van der Waals surface area contributed by atoms with Gasteiger partial charge in [-0.2, -0.15) is 0 Å². The van der Waals surface area contributed by atoms with Crippen LogP contribution in [0.1, 0.15) is 23.5 Å². The number of carboxylic acids is 1. The predicted molar refractivity (Wildman–Crippen MR) is 76.2 cm³/mol. The van der Waals surface area contributed by atoms with Crippen molar-refractivity contribution in [1.82, 2.24) is 9.55 Å². The lowest BCUT2D eigenvalue weighted by Crippen LogP contribution is -2.10. The summed E-state index contributed by atoms with van der Waals surface area (Å²) < 4.78 is 1.95. The fourth-order valence-electron chi connectivity index (χ4n) is 2.42. The van der Waals surface area contributed by atoms with E-state index in [1.165, 1.54) is 0 Å². The van der Waals surface area contributed by atoms with Crippen LogP contribution >= 0.6 is 11.6 Å². The lowest BCUT2D eigenvalue weighted by atomic mass is 10.1. The second-order valence-electron chi connectivity index (χ2n) is 5.12. The number of benzene rings is 1. The quantitative estimate of drug-likeness (QED) is 0.883. The summed E-state index contributed by atoms with van der Waals surface area (Å²) in [5, 5.41) is 8.93. The Morgan fingerprint density at radius 1 is 1.60 bits per heavy atom. The zero-order valence-corrected chi connectivity index (χ0v) is 12.3. The van der Waals surface area contributed by atoms with Crippen LogP contribution in [0.5, 0.6) is 0 Å². The smallest absolute Gasteiger partial charge is 0.306 e. The molecule has 1 aromatic heterocycles. The number of nitrogens with zero attached hydrogens (tertiary/aromatic N) is 2. The van der Waals surface area contributed by atoms with Gasteiger partial charge in [0.2, 0.25) is 0 Å². The molecule has 1 aliphatic carbocycles. The molecule has 20 heavy (non-hydrogen) atoms. The highest BCUT2D eigenvalue weighted by Gasteiger charge is 2.57. The molecule has 3 rings (SSSR count). The van der Waals surface area contributed by atoms with E-state index in [0.717, 1.165) is 11.1 Å². The Morgan fingerprint density at radius 3 is 2.95 bits per heavy atom. The topological polar surface area (TPSA) is 55.1 Å². The van der Waals surface area contributed by atoms with E-state index in [2.05, 4.69) is 15.2 Å². The number of carbonyl (C=O) groups is 1. The molecule has 1 aromatic carbocycles. The van der Waals surface area contributed by atoms with E-state index in [1.807, 2.05) is 29.0 Å². The van der Waals surface area contributed by atoms with Crippen LogP contribution in [0, 0.1) is 0 Å². The van der Waals surface area contributed by atoms with Crippen molar-refractivity contribution in [3.8, 4) is 0 Å². The van der Waals surface area contributed by atoms with Crippen LogP contribution in [-0.4, -0.2) is 30.9 Å². The Balaban J connectivity index is 1.81. The molecule has 0 saturated heterocycles. The molecule has 4 nitrogen and oxygen atoms in total. The molecule has 1 fully saturated rings. The van der Waals surface area contributed by atoms with Gasteiger partial charge in [0.15, 0.2) is 0 Å². The third kappa shape index (κ3) is 2.27. The maximum atomic E-state index is 11.2. The van der Waals surface area contributed by atoms with Crippen LogP contribution in [0.2, 0.25) is 10.1 Å². The van der Waals surface area contributed by atoms with E-state index in [-0.39, 0.29) is 5.92 Å². The maximum Gasteiger partial charge on any atom is 0.306 e. The summed E-state index contributed by atoms with van der Waals surface area (Å²) in [7, 11) is 3.34. The van der Waals surface area contributed by atoms with Gasteiger partial charge in [0, 0.05) is 34.2 Å². The highest BCUT2D eigenvalue weighted by atomic mass is 35.5. The molecule has 6 heteroatoms. The molecule has 2 aromatic rings. The molecule has 0 spiro atoms. The number of carboxylic acid groups (broad SMARTS) is 1. The van der Waals surface area contributed by atoms with Crippen LogP contribution in [0.15, 0.2) is 36.9 Å². The maximum absolute atomic E-state index is 11.2. The number of hydrogen-bond donors (Lipinski definition) is 1. The van der Waals surface area contributed by atoms with Gasteiger partial charge in [0.1, 0.15) is 0 Å². The largest absolute Gasteiger partial charge is 0.481 e. The molecule has 0 amide bonds. The zero-order valence-electron chi connectivity index (χ0n) is 10.6. The van der Waals surface area contributed by atoms with Gasteiger partial charge in [-0.1, -0.05) is 23.7 Å². The van der Waals surface area contributed by atoms with Gasteiger partial charge in [-0.3, -0.25) is 4.79 Å². The van der Waals surface area contributed by atoms with Gasteiger partial charge in [-0.15, -0.1) is 0 Å². The molecule has 0 unspecified atom stereocenters. The van der Waals surface area contributed by atoms with Crippen molar-refractivity contribution in [3.63, 3.8) is 0 Å². The van der Waals surface area contributed by atoms with E-state index in [1.54, 1.807) is 12.5 Å². The molecule has 0 bridgehead atoms. The van der Waals surface area contributed by atoms with Crippen molar-refractivity contribution in [2.75, 3.05) is 0 Å². The minimum atomic E-state index is -0.852. The molecule has 1 aliphatic rings. The molecule has 0 aliphatic heterocycles. The number of aliphatic carboxylic acids is 1. The first kappa shape index (κ1) is 13.4. The van der Waals surface area contributed by atoms with E-state index in [4.69, 9.17) is 16.7 Å². The van der Waals surface area contributed by atoms with E-state index >= 15 is 0 Å². The fourth-order valence-corrected chi connectivity index (χ4v) is 3.11. The summed E-state index contributed by atoms with van der Waals surface area (Å²) in [6, 6.07) is 5.79. The zero-order chi connectivity index (χ0) is 14.3. The number of imidazole rings is 1.